The Morgan fingerprint density at radius 2 is 2.41 bits per heavy atom. The van der Waals surface area contributed by atoms with E-state index in [1.807, 2.05) is 12.1 Å². The highest BCUT2D eigenvalue weighted by Crippen LogP contribution is 2.25. The summed E-state index contributed by atoms with van der Waals surface area (Å²) >= 11 is 1.41. The van der Waals surface area contributed by atoms with E-state index in [-0.39, 0.29) is 0 Å². The van der Waals surface area contributed by atoms with Crippen molar-refractivity contribution in [1.82, 2.24) is 15.3 Å². The molecule has 0 spiro atoms. The summed E-state index contributed by atoms with van der Waals surface area (Å²) in [6.07, 6.45) is 3.39. The molecule has 17 heavy (non-hydrogen) atoms. The van der Waals surface area contributed by atoms with E-state index in [0.717, 1.165) is 10.6 Å². The molecule has 0 amide bonds. The lowest BCUT2D eigenvalue weighted by atomic mass is 10.2. The minimum absolute atomic E-state index is 0.517. The molecule has 6 heteroatoms. The molecule has 2 rings (SSSR count). The van der Waals surface area contributed by atoms with E-state index in [1.54, 1.807) is 24.8 Å². The number of carboxylic acids is 1. The van der Waals surface area contributed by atoms with E-state index in [2.05, 4.69) is 15.3 Å². The van der Waals surface area contributed by atoms with Crippen LogP contribution in [0.15, 0.2) is 29.9 Å². The number of pyridine rings is 1. The van der Waals surface area contributed by atoms with Crippen LogP contribution in [0, 0.1) is 0 Å². The molecule has 1 atom stereocenters. The van der Waals surface area contributed by atoms with Crippen molar-refractivity contribution in [3.05, 3.63) is 35.6 Å². The normalized spacial score (nSPS) is 12.3. The number of carbonyl (C=O) groups is 1. The van der Waals surface area contributed by atoms with Crippen LogP contribution in [0.5, 0.6) is 0 Å². The molecule has 2 aromatic rings. The molecule has 5 nitrogen and oxygen atoms in total. The number of aromatic nitrogens is 2. The number of hydrogen-bond donors (Lipinski definition) is 2. The van der Waals surface area contributed by atoms with Gasteiger partial charge in [0.15, 0.2) is 0 Å². The van der Waals surface area contributed by atoms with Gasteiger partial charge < -0.3 is 10.4 Å². The van der Waals surface area contributed by atoms with Gasteiger partial charge in [0.2, 0.25) is 0 Å². The predicted octanol–water partition coefficient (Wildman–Crippen LogP) is 1.55. The van der Waals surface area contributed by atoms with Gasteiger partial charge in [-0.1, -0.05) is 0 Å². The maximum absolute atomic E-state index is 11.0. The fraction of sp³-hybridized carbons (Fsp3) is 0.182. The molecule has 0 saturated carbocycles. The van der Waals surface area contributed by atoms with Gasteiger partial charge in [-0.2, -0.15) is 0 Å². The van der Waals surface area contributed by atoms with E-state index >= 15 is 0 Å². The second-order valence-corrected chi connectivity index (χ2v) is 4.24. The van der Waals surface area contributed by atoms with Gasteiger partial charge in [0, 0.05) is 23.3 Å². The first kappa shape index (κ1) is 11.7. The van der Waals surface area contributed by atoms with Crippen molar-refractivity contribution in [2.45, 2.75) is 6.04 Å². The Hall–Kier alpha value is -1.79. The van der Waals surface area contributed by atoms with E-state index in [0.29, 0.717) is 5.69 Å². The zero-order valence-corrected chi connectivity index (χ0v) is 9.94. The summed E-state index contributed by atoms with van der Waals surface area (Å²) in [4.78, 5) is 19.3. The van der Waals surface area contributed by atoms with Crippen LogP contribution in [0.2, 0.25) is 0 Å². The molecular weight excluding hydrogens is 238 g/mol. The number of hydrogen-bond acceptors (Lipinski definition) is 5. The van der Waals surface area contributed by atoms with Crippen LogP contribution in [-0.4, -0.2) is 28.1 Å². The molecule has 88 valence electrons. The molecule has 0 saturated heterocycles. The smallest absolute Gasteiger partial charge is 0.327 e. The average Bonchev–Trinajstić information content (AvgIpc) is 2.80. The minimum atomic E-state index is -0.935. The number of aliphatic carboxylic acids is 1. The van der Waals surface area contributed by atoms with Crippen molar-refractivity contribution in [2.75, 3.05) is 7.05 Å². The maximum Gasteiger partial charge on any atom is 0.327 e. The van der Waals surface area contributed by atoms with E-state index in [4.69, 9.17) is 5.11 Å². The Morgan fingerprint density at radius 1 is 1.59 bits per heavy atom. The van der Waals surface area contributed by atoms with Gasteiger partial charge >= 0.3 is 5.97 Å². The van der Waals surface area contributed by atoms with Gasteiger partial charge in [0.05, 0.1) is 5.69 Å². The fourth-order valence-corrected chi connectivity index (χ4v) is 2.27. The van der Waals surface area contributed by atoms with E-state index in [1.165, 1.54) is 11.3 Å². The highest BCUT2D eigenvalue weighted by atomic mass is 32.1. The third kappa shape index (κ3) is 2.48. The topological polar surface area (TPSA) is 75.1 Å². The second-order valence-electron chi connectivity index (χ2n) is 3.38. The molecule has 0 aromatic carbocycles. The Balaban J connectivity index is 2.30. The zero-order valence-electron chi connectivity index (χ0n) is 9.12. The Labute approximate surface area is 102 Å². The number of carboxylic acid groups (broad SMARTS) is 1. The van der Waals surface area contributed by atoms with Crippen molar-refractivity contribution in [1.29, 1.82) is 0 Å². The second kappa shape index (κ2) is 5.03. The Kier molecular flexibility index (Phi) is 3.46. The van der Waals surface area contributed by atoms with Crippen molar-refractivity contribution in [3.63, 3.8) is 0 Å². The Morgan fingerprint density at radius 3 is 3.00 bits per heavy atom. The number of nitrogens with one attached hydrogen (secondary N) is 1. The van der Waals surface area contributed by atoms with Crippen LogP contribution in [0.25, 0.3) is 10.6 Å². The third-order valence-electron chi connectivity index (χ3n) is 2.26. The van der Waals surface area contributed by atoms with Crippen molar-refractivity contribution in [2.24, 2.45) is 0 Å². The van der Waals surface area contributed by atoms with Crippen LogP contribution in [0.1, 0.15) is 11.7 Å². The largest absolute Gasteiger partial charge is 0.480 e. The van der Waals surface area contributed by atoms with Gasteiger partial charge in [-0.05, 0) is 19.2 Å². The summed E-state index contributed by atoms with van der Waals surface area (Å²) < 4.78 is 0. The number of thiazole rings is 1. The van der Waals surface area contributed by atoms with Gasteiger partial charge in [-0.25, -0.2) is 4.98 Å². The third-order valence-corrected chi connectivity index (χ3v) is 3.17. The standard InChI is InChI=1S/C11H11N3O2S/c1-12-9(11(15)16)8-6-17-10(14-8)7-3-2-4-13-5-7/h2-6,9,12H,1H3,(H,15,16). The first-order chi connectivity index (χ1) is 8.22. The summed E-state index contributed by atoms with van der Waals surface area (Å²) in [5.41, 5.74) is 1.41. The molecule has 2 heterocycles. The molecule has 0 aliphatic heterocycles. The maximum atomic E-state index is 11.0. The van der Waals surface area contributed by atoms with Crippen LogP contribution in [0.3, 0.4) is 0 Å². The van der Waals surface area contributed by atoms with Crippen LogP contribution >= 0.6 is 11.3 Å². The molecule has 0 aliphatic carbocycles. The molecule has 2 aromatic heterocycles. The van der Waals surface area contributed by atoms with E-state index in [9.17, 15) is 4.79 Å². The predicted molar refractivity (Wildman–Crippen MR) is 64.8 cm³/mol. The summed E-state index contributed by atoms with van der Waals surface area (Å²) in [6, 6.07) is 2.95. The molecule has 0 aliphatic rings. The number of rotatable bonds is 4. The Bertz CT molecular complexity index is 512. The molecule has 0 bridgehead atoms. The van der Waals surface area contributed by atoms with Crippen LogP contribution in [-0.2, 0) is 4.79 Å². The van der Waals surface area contributed by atoms with Crippen molar-refractivity contribution in [3.8, 4) is 10.6 Å². The molecule has 0 fully saturated rings. The molecule has 1 unspecified atom stereocenters. The lowest BCUT2D eigenvalue weighted by molar-refractivity contribution is -0.139. The quantitative estimate of drug-likeness (QED) is 0.859. The SMILES string of the molecule is CNC(C(=O)O)c1csc(-c2cccnc2)n1. The first-order valence-corrected chi connectivity index (χ1v) is 5.86. The highest BCUT2D eigenvalue weighted by Gasteiger charge is 2.20. The first-order valence-electron chi connectivity index (χ1n) is 4.98. The monoisotopic (exact) mass is 249 g/mol. The minimum Gasteiger partial charge on any atom is -0.480 e. The van der Waals surface area contributed by atoms with Gasteiger partial charge in [-0.15, -0.1) is 11.3 Å². The van der Waals surface area contributed by atoms with Gasteiger partial charge in [0.25, 0.3) is 0 Å². The molecule has 2 N–H and O–H groups in total. The molecular formula is C11H11N3O2S. The fourth-order valence-electron chi connectivity index (χ4n) is 1.44. The van der Waals surface area contributed by atoms with Crippen molar-refractivity contribution < 1.29 is 9.90 Å². The van der Waals surface area contributed by atoms with Gasteiger partial charge in [0.1, 0.15) is 11.0 Å². The lowest BCUT2D eigenvalue weighted by Gasteiger charge is -2.06. The highest BCUT2D eigenvalue weighted by molar-refractivity contribution is 7.13. The van der Waals surface area contributed by atoms with Crippen LogP contribution < -0.4 is 5.32 Å². The molecule has 0 radical (unpaired) electrons. The van der Waals surface area contributed by atoms with Crippen LogP contribution in [0.4, 0.5) is 0 Å². The summed E-state index contributed by atoms with van der Waals surface area (Å²) in [5, 5.41) is 14.2. The van der Waals surface area contributed by atoms with Crippen molar-refractivity contribution >= 4 is 17.3 Å². The van der Waals surface area contributed by atoms with E-state index < -0.39 is 12.0 Å². The number of likely N-dealkylation sites (N-methyl/N-ethyl adjacent to an activating group) is 1. The lowest BCUT2D eigenvalue weighted by Crippen LogP contribution is -2.25. The summed E-state index contributed by atoms with van der Waals surface area (Å²) in [7, 11) is 1.60. The average molecular weight is 249 g/mol. The van der Waals surface area contributed by atoms with Gasteiger partial charge in [-0.3, -0.25) is 9.78 Å². The summed E-state index contributed by atoms with van der Waals surface area (Å²) in [5.74, 6) is -0.935. The number of nitrogens with zero attached hydrogens (tertiary/aromatic N) is 2. The summed E-state index contributed by atoms with van der Waals surface area (Å²) in [6.45, 7) is 0. The zero-order chi connectivity index (χ0) is 12.3.